The molecule has 18 heavy (non-hydrogen) atoms. The number of hydrogen-bond donors (Lipinski definition) is 1. The van der Waals surface area contributed by atoms with Gasteiger partial charge in [0.15, 0.2) is 0 Å². The van der Waals surface area contributed by atoms with Crippen LogP contribution in [-0.2, 0) is 20.4 Å². The Hall–Kier alpha value is -1.68. The molecule has 9 nitrogen and oxygen atoms in total. The molecule has 1 aromatic rings. The van der Waals surface area contributed by atoms with Crippen LogP contribution in [0.4, 0.5) is 5.82 Å². The van der Waals surface area contributed by atoms with E-state index in [1.807, 2.05) is 0 Å². The number of nitrogens with one attached hydrogen (secondary N) is 1. The zero-order valence-corrected chi connectivity index (χ0v) is 10.7. The van der Waals surface area contributed by atoms with E-state index >= 15 is 0 Å². The number of rotatable bonds is 5. The van der Waals surface area contributed by atoms with Crippen LogP contribution >= 0.6 is 10.7 Å². The molecule has 0 bridgehead atoms. The van der Waals surface area contributed by atoms with Crippen molar-refractivity contribution in [2.75, 3.05) is 6.54 Å². The van der Waals surface area contributed by atoms with E-state index in [1.54, 1.807) is 6.92 Å². The smallest absolute Gasteiger partial charge is 0.358 e. The van der Waals surface area contributed by atoms with Crippen LogP contribution in [0.25, 0.3) is 0 Å². The van der Waals surface area contributed by atoms with E-state index < -0.39 is 30.6 Å². The Bertz CT molecular complexity index is 581. The first kappa shape index (κ1) is 14.4. The van der Waals surface area contributed by atoms with E-state index in [2.05, 4.69) is 10.4 Å². The van der Waals surface area contributed by atoms with Gasteiger partial charge >= 0.3 is 5.82 Å². The van der Waals surface area contributed by atoms with E-state index in [-0.39, 0.29) is 6.54 Å². The van der Waals surface area contributed by atoms with Crippen LogP contribution in [0.2, 0.25) is 0 Å². The number of carbonyl (C=O) groups excluding carboxylic acids is 1. The minimum atomic E-state index is -4.29. The molecule has 0 spiro atoms. The Balaban J connectivity index is 3.11. The molecule has 1 rings (SSSR count). The van der Waals surface area contributed by atoms with Gasteiger partial charge in [-0.15, -0.1) is 0 Å². The third kappa shape index (κ3) is 3.40. The number of aromatic nitrogens is 2. The molecule has 0 aromatic carbocycles. The molecular weight excluding hydrogens is 288 g/mol. The van der Waals surface area contributed by atoms with Crippen LogP contribution in [0.5, 0.6) is 0 Å². The Morgan fingerprint density at radius 2 is 2.28 bits per heavy atom. The third-order valence-corrected chi connectivity index (χ3v) is 3.14. The maximum Gasteiger partial charge on any atom is 0.410 e. The van der Waals surface area contributed by atoms with Crippen LogP contribution in [0.1, 0.15) is 6.92 Å². The molecule has 0 aliphatic rings. The molecule has 1 aromatic heterocycles. The van der Waals surface area contributed by atoms with Crippen molar-refractivity contribution in [2.45, 2.75) is 18.4 Å². The van der Waals surface area contributed by atoms with E-state index in [9.17, 15) is 23.3 Å². The van der Waals surface area contributed by atoms with Crippen LogP contribution in [0.3, 0.4) is 0 Å². The van der Waals surface area contributed by atoms with Gasteiger partial charge in [0.1, 0.15) is 6.54 Å². The summed E-state index contributed by atoms with van der Waals surface area (Å²) in [6.07, 6.45) is 0.843. The van der Waals surface area contributed by atoms with Gasteiger partial charge in [-0.3, -0.25) is 4.79 Å². The number of likely N-dealkylation sites (N-methyl/N-ethyl adjacent to an activating group) is 1. The Kier molecular flexibility index (Phi) is 4.24. The van der Waals surface area contributed by atoms with Crippen molar-refractivity contribution in [3.63, 3.8) is 0 Å². The van der Waals surface area contributed by atoms with Gasteiger partial charge in [-0.2, -0.15) is 4.68 Å². The highest BCUT2D eigenvalue weighted by atomic mass is 35.7. The number of hydrogen-bond acceptors (Lipinski definition) is 6. The van der Waals surface area contributed by atoms with E-state index in [1.165, 1.54) is 0 Å². The predicted octanol–water partition coefficient (Wildman–Crippen LogP) is -0.145. The second-order valence-electron chi connectivity index (χ2n) is 3.16. The van der Waals surface area contributed by atoms with Gasteiger partial charge in [0, 0.05) is 17.2 Å². The standard InChI is InChI=1S/C7H9ClN4O5S/c1-2-9-6(13)4-11-3-5(18(8,16)17)7(10-11)12(14)15/h3H,2,4H2,1H3,(H,9,13). The molecule has 0 saturated heterocycles. The first-order valence-corrected chi connectivity index (χ1v) is 6.99. The molecule has 0 fully saturated rings. The van der Waals surface area contributed by atoms with Crippen molar-refractivity contribution in [2.24, 2.45) is 0 Å². The maximum absolute atomic E-state index is 11.2. The Morgan fingerprint density at radius 3 is 2.67 bits per heavy atom. The average Bonchev–Trinajstić information content (AvgIpc) is 2.61. The fourth-order valence-electron chi connectivity index (χ4n) is 1.17. The topological polar surface area (TPSA) is 124 Å². The number of amides is 1. The molecule has 11 heteroatoms. The molecule has 100 valence electrons. The van der Waals surface area contributed by atoms with Gasteiger partial charge in [-0.1, -0.05) is 0 Å². The maximum atomic E-state index is 11.2. The van der Waals surface area contributed by atoms with Crippen molar-refractivity contribution >= 4 is 31.5 Å². The minimum absolute atomic E-state index is 0.332. The van der Waals surface area contributed by atoms with Gasteiger partial charge in [0.05, 0.1) is 11.3 Å². The SMILES string of the molecule is CCNC(=O)Cn1cc(S(=O)(=O)Cl)c([N+](=O)[O-])n1. The van der Waals surface area contributed by atoms with Crippen molar-refractivity contribution in [3.05, 3.63) is 16.3 Å². The van der Waals surface area contributed by atoms with Crippen molar-refractivity contribution in [1.82, 2.24) is 15.1 Å². The van der Waals surface area contributed by atoms with Crippen LogP contribution in [0.15, 0.2) is 11.1 Å². The lowest BCUT2D eigenvalue weighted by Gasteiger charge is -1.98. The van der Waals surface area contributed by atoms with Crippen molar-refractivity contribution in [1.29, 1.82) is 0 Å². The number of nitro groups is 1. The number of halogens is 1. The third-order valence-electron chi connectivity index (χ3n) is 1.82. The lowest BCUT2D eigenvalue weighted by atomic mass is 10.5. The molecular formula is C7H9ClN4O5S. The summed E-state index contributed by atoms with van der Waals surface area (Å²) in [7, 11) is 0.742. The normalized spacial score (nSPS) is 11.2. The highest BCUT2D eigenvalue weighted by Crippen LogP contribution is 2.24. The Labute approximate surface area is 106 Å². The Morgan fingerprint density at radius 1 is 1.67 bits per heavy atom. The van der Waals surface area contributed by atoms with Gasteiger partial charge in [-0.05, 0) is 11.8 Å². The molecule has 0 aliphatic carbocycles. The summed E-state index contributed by atoms with van der Waals surface area (Å²) in [5.74, 6) is -1.36. The molecule has 1 heterocycles. The second-order valence-corrected chi connectivity index (χ2v) is 5.70. The fraction of sp³-hybridized carbons (Fsp3) is 0.429. The van der Waals surface area contributed by atoms with Crippen molar-refractivity contribution in [3.8, 4) is 0 Å². The van der Waals surface area contributed by atoms with Gasteiger partial charge in [0.2, 0.25) is 10.8 Å². The zero-order valence-electron chi connectivity index (χ0n) is 9.16. The summed E-state index contributed by atoms with van der Waals surface area (Å²) in [6, 6.07) is 0. The predicted molar refractivity (Wildman–Crippen MR) is 60.6 cm³/mol. The van der Waals surface area contributed by atoms with E-state index in [4.69, 9.17) is 10.7 Å². The van der Waals surface area contributed by atoms with E-state index in [0.717, 1.165) is 10.9 Å². The summed E-state index contributed by atoms with van der Waals surface area (Å²) in [5, 5.41) is 16.4. The monoisotopic (exact) mass is 296 g/mol. The fourth-order valence-corrected chi connectivity index (χ4v) is 2.08. The molecule has 0 aliphatic heterocycles. The molecule has 1 amide bonds. The lowest BCUT2D eigenvalue weighted by Crippen LogP contribution is -2.27. The van der Waals surface area contributed by atoms with Gasteiger partial charge in [0.25, 0.3) is 9.05 Å². The minimum Gasteiger partial charge on any atom is -0.358 e. The van der Waals surface area contributed by atoms with Crippen LogP contribution in [0, 0.1) is 10.1 Å². The highest BCUT2D eigenvalue weighted by molar-refractivity contribution is 8.13. The number of carbonyl (C=O) groups is 1. The molecule has 1 N–H and O–H groups in total. The van der Waals surface area contributed by atoms with Crippen LogP contribution < -0.4 is 5.32 Å². The first-order valence-electron chi connectivity index (χ1n) is 4.69. The molecule has 0 saturated carbocycles. The second kappa shape index (κ2) is 5.31. The van der Waals surface area contributed by atoms with Crippen LogP contribution in [-0.4, -0.2) is 35.6 Å². The van der Waals surface area contributed by atoms with E-state index in [0.29, 0.717) is 6.54 Å². The number of nitrogens with zero attached hydrogens (tertiary/aromatic N) is 3. The summed E-state index contributed by atoms with van der Waals surface area (Å²) in [5.41, 5.74) is 0. The summed E-state index contributed by atoms with van der Waals surface area (Å²) in [4.78, 5) is 20.1. The lowest BCUT2D eigenvalue weighted by molar-refractivity contribution is -0.392. The van der Waals surface area contributed by atoms with Gasteiger partial charge < -0.3 is 15.4 Å². The summed E-state index contributed by atoms with van der Waals surface area (Å²) < 4.78 is 23.0. The zero-order chi connectivity index (χ0) is 13.9. The first-order chi connectivity index (χ1) is 8.25. The highest BCUT2D eigenvalue weighted by Gasteiger charge is 2.30. The molecule has 0 radical (unpaired) electrons. The summed E-state index contributed by atoms with van der Waals surface area (Å²) >= 11 is 0. The average molecular weight is 297 g/mol. The molecule has 0 atom stereocenters. The quantitative estimate of drug-likeness (QED) is 0.458. The van der Waals surface area contributed by atoms with Crippen molar-refractivity contribution < 1.29 is 18.1 Å². The summed E-state index contributed by atoms with van der Waals surface area (Å²) in [6.45, 7) is 1.74. The largest absolute Gasteiger partial charge is 0.410 e. The molecule has 0 unspecified atom stereocenters. The van der Waals surface area contributed by atoms with Gasteiger partial charge in [-0.25, -0.2) is 8.42 Å².